The molecule has 0 radical (unpaired) electrons. The second kappa shape index (κ2) is 46.3. The zero-order chi connectivity index (χ0) is 101. The predicted molar refractivity (Wildman–Crippen MR) is 518 cm³/mol. The Morgan fingerprint density at radius 2 is 0.888 bits per heavy atom. The minimum absolute atomic E-state index is 0.0164. The third-order valence-electron chi connectivity index (χ3n) is 22.5. The molecule has 0 aliphatic carbocycles. The van der Waals surface area contributed by atoms with Crippen LogP contribution in [-0.4, -0.2) is 163 Å². The molecule has 143 heavy (non-hydrogen) atoms. The Balaban J connectivity index is 0.000000136. The number of carbonyl (C=O) groups excluding carboxylic acids is 10. The van der Waals surface area contributed by atoms with E-state index in [0.717, 1.165) is 38.2 Å². The van der Waals surface area contributed by atoms with Crippen molar-refractivity contribution in [1.29, 1.82) is 0 Å². The fraction of sp³-hybridized carbons (Fsp3) is 0.117. The van der Waals surface area contributed by atoms with Gasteiger partial charge in [0.05, 0.1) is 91.4 Å². The van der Waals surface area contributed by atoms with Gasteiger partial charge in [-0.25, -0.2) is 52.3 Å². The van der Waals surface area contributed by atoms with E-state index < -0.39 is 41.4 Å². The Bertz CT molecular complexity index is 7810. The van der Waals surface area contributed by atoms with Crippen molar-refractivity contribution in [2.24, 2.45) is 0 Å². The summed E-state index contributed by atoms with van der Waals surface area (Å²) in [6.45, 7) is 2.03. The fourth-order valence-corrected chi connectivity index (χ4v) is 15.3. The summed E-state index contributed by atoms with van der Waals surface area (Å²) in [4.78, 5) is 186. The zero-order valence-corrected chi connectivity index (χ0v) is 76.2. The van der Waals surface area contributed by atoms with Crippen molar-refractivity contribution >= 4 is 114 Å². The normalized spacial score (nSPS) is 11.9. The maximum atomic E-state index is 13.0. The first kappa shape index (κ1) is 100. The summed E-state index contributed by atoms with van der Waals surface area (Å²) < 4.78 is 27.5. The summed E-state index contributed by atoms with van der Waals surface area (Å²) in [5.41, 5.74) is 16.0. The van der Waals surface area contributed by atoms with E-state index in [-0.39, 0.29) is 99.5 Å². The number of hydroxylamine groups is 6. The molecule has 5 aromatic heterocycles. The molecule has 0 spiro atoms. The van der Waals surface area contributed by atoms with Gasteiger partial charge in [0.25, 0.3) is 69.5 Å². The van der Waals surface area contributed by atoms with Crippen LogP contribution in [0.4, 0.5) is 11.6 Å². The maximum Gasteiger partial charge on any atom is 0.274 e. The quantitative estimate of drug-likeness (QED) is 0.0138. The number of aryl methyl sites for hydroxylation is 1. The van der Waals surface area contributed by atoms with Crippen LogP contribution in [0.1, 0.15) is 117 Å². The molecule has 3 aliphatic rings. The van der Waals surface area contributed by atoms with E-state index in [1.807, 2.05) is 115 Å². The van der Waals surface area contributed by atoms with Gasteiger partial charge in [0, 0.05) is 101 Å². The van der Waals surface area contributed by atoms with E-state index in [9.17, 15) is 67.1 Å². The summed E-state index contributed by atoms with van der Waals surface area (Å²) in [7, 11) is 5.18. The van der Waals surface area contributed by atoms with Crippen LogP contribution >= 0.6 is 0 Å². The standard InChI is InChI=1S/C20H18N2O6.C18H16N2O4.C17H16N4O3.C17H14N2O4.C16H12N2O4.C15H12N4O3/c23-19(21-25)14-3-2-13-6-8-22(20(24)16(13)10-14)7-1-9-26-15-4-5-17-18(11-15)28-12-27-17;1-24-15-6-2-12(3-7-15)11-20-9-8-13-4-5-14(17(21)19-23)10-16(13)18(20)22;1-20(2)17-18-14-10-11(15(22)19-24)8-9-13(14)16(23)21(17)12-6-4-3-5-7-12;20-15-9-13-8-12(16(21)18-23)6-7-14(13)17(22)19(15)10-11-4-2-1-3-5-11;19-14-9-11-8-10(15(20)17-22)6-7-13(11)16(21)18(14)12-4-2-1-3-5-12;20-14(18-22)10-4-5-13-12(7-10)15(21)19(9-17-13)8-11-3-1-2-6-16-11/h2-6,8,10-11,25H,1,7,9,12H2,(H,21,23);2-10,23H,11H2,1H3,(H,19,21);3-10,24H,1-2H3,(H,19,22);1-8,23H,9-10H2,(H,18,21);1-8,22H,9H2,(H,17,20);1-7,9,22H,8H2,(H,18,20). The number of carbonyl (C=O) groups is 10. The molecule has 10 amide bonds. The highest BCUT2D eigenvalue weighted by Gasteiger charge is 2.34. The van der Waals surface area contributed by atoms with Crippen LogP contribution in [-0.2, 0) is 48.6 Å². The first-order chi connectivity index (χ1) is 69.2. The Morgan fingerprint density at radius 1 is 0.406 bits per heavy atom. The SMILES string of the molecule is CN(C)c1nc2cc(C(=O)NO)ccc2c(=O)n1-c1ccccc1.COc1ccc(Cn2ccc3ccc(C(=O)NO)cc3c2=O)cc1.O=C(NO)c1ccc2c(c1)CC(=O)N(Cc1ccccc1)C2=O.O=C(NO)c1ccc2c(c1)CC(=O)N(c1ccccc1)C2=O.O=C(NO)c1ccc2ccn(CCCOc3ccc4c(c3)OCO4)c(=O)c2c1.O=C(NO)c1ccc2ncn(Cc3ccccn3)c(=O)c2c1. The minimum atomic E-state index is -0.687. The number of aromatic nitrogens is 7. The lowest BCUT2D eigenvalue weighted by atomic mass is 9.95. The number of benzene rings is 11. The average Bonchev–Trinajstić information content (AvgIpc) is 1.08. The number of para-hydroxylation sites is 2. The Morgan fingerprint density at radius 3 is 1.45 bits per heavy atom. The molecular weight excluding hydrogens is 1850 g/mol. The smallest absolute Gasteiger partial charge is 0.274 e. The number of ether oxygens (including phenoxy) is 4. The number of nitrogens with one attached hydrogen (secondary N) is 6. The number of methoxy groups -OCH3 is 1. The predicted octanol–water partition coefficient (Wildman–Crippen LogP) is 10.1. The van der Waals surface area contributed by atoms with Gasteiger partial charge in [0.2, 0.25) is 24.6 Å². The third-order valence-corrected chi connectivity index (χ3v) is 22.5. The summed E-state index contributed by atoms with van der Waals surface area (Å²) in [5.74, 6) is -2.25. The van der Waals surface area contributed by atoms with Gasteiger partial charge >= 0.3 is 0 Å². The van der Waals surface area contributed by atoms with Crippen molar-refractivity contribution < 1.29 is 98.1 Å². The minimum Gasteiger partial charge on any atom is -0.497 e. The Hall–Kier alpha value is -18.9. The summed E-state index contributed by atoms with van der Waals surface area (Å²) in [6, 6.07) is 76.2. The van der Waals surface area contributed by atoms with Gasteiger partial charge in [-0.1, -0.05) is 97.1 Å². The average molecular weight is 1930 g/mol. The molecule has 12 N–H and O–H groups in total. The van der Waals surface area contributed by atoms with Gasteiger partial charge in [-0.2, -0.15) is 0 Å². The molecule has 16 aromatic rings. The molecule has 40 nitrogen and oxygen atoms in total. The van der Waals surface area contributed by atoms with Crippen molar-refractivity contribution in [3.63, 3.8) is 0 Å². The van der Waals surface area contributed by atoms with Crippen LogP contribution in [0.2, 0.25) is 0 Å². The second-order valence-electron chi connectivity index (χ2n) is 31.9. The molecule has 11 aromatic carbocycles. The monoisotopic (exact) mass is 1930 g/mol. The molecule has 0 saturated heterocycles. The highest BCUT2D eigenvalue weighted by molar-refractivity contribution is 6.25. The van der Waals surface area contributed by atoms with Gasteiger partial charge in [-0.05, 0) is 209 Å². The number of anilines is 2. The largest absolute Gasteiger partial charge is 0.497 e. The van der Waals surface area contributed by atoms with Crippen LogP contribution < -0.4 is 83.9 Å². The molecule has 19 rings (SSSR count). The summed E-state index contributed by atoms with van der Waals surface area (Å²) in [6.07, 6.45) is 7.22. The summed E-state index contributed by atoms with van der Waals surface area (Å²) >= 11 is 0. The zero-order valence-electron chi connectivity index (χ0n) is 76.2. The topological polar surface area (TPSA) is 538 Å². The number of hydrogen-bond donors (Lipinski definition) is 12. The molecular formula is C103H88N16O24. The number of rotatable bonds is 21. The molecule has 0 atom stereocenters. The van der Waals surface area contributed by atoms with Crippen LogP contribution in [0, 0.1) is 0 Å². The van der Waals surface area contributed by atoms with E-state index in [4.69, 9.17) is 50.2 Å². The lowest BCUT2D eigenvalue weighted by Crippen LogP contribution is -2.42. The van der Waals surface area contributed by atoms with E-state index >= 15 is 0 Å². The fourth-order valence-electron chi connectivity index (χ4n) is 15.3. The molecule has 0 fully saturated rings. The lowest BCUT2D eigenvalue weighted by Gasteiger charge is -2.27. The van der Waals surface area contributed by atoms with Gasteiger partial charge in [0.1, 0.15) is 11.5 Å². The molecule has 0 unspecified atom stereocenters. The van der Waals surface area contributed by atoms with Gasteiger partial charge < -0.3 is 33.0 Å². The number of imide groups is 2. The Kier molecular flexibility index (Phi) is 32.4. The summed E-state index contributed by atoms with van der Waals surface area (Å²) in [5, 5.41) is 55.2. The molecule has 0 bridgehead atoms. The molecule has 3 aliphatic heterocycles. The number of hydrogen-bond acceptors (Lipinski definition) is 28. The molecule has 724 valence electrons. The lowest BCUT2D eigenvalue weighted by molar-refractivity contribution is -0.129. The van der Waals surface area contributed by atoms with Gasteiger partial charge in [-0.15, -0.1) is 0 Å². The maximum absolute atomic E-state index is 13.0. The highest BCUT2D eigenvalue weighted by atomic mass is 16.7. The second-order valence-corrected chi connectivity index (χ2v) is 31.9. The van der Waals surface area contributed by atoms with E-state index in [1.54, 1.807) is 155 Å². The first-order valence-corrected chi connectivity index (χ1v) is 43.5. The number of pyridine rings is 3. The van der Waals surface area contributed by atoms with Crippen molar-refractivity contribution in [2.45, 2.75) is 45.4 Å². The number of nitrogens with zero attached hydrogens (tertiary/aromatic N) is 10. The van der Waals surface area contributed by atoms with Gasteiger partial charge in [-0.3, -0.25) is 113 Å². The van der Waals surface area contributed by atoms with Gasteiger partial charge in [0.15, 0.2) is 11.5 Å². The Labute approximate surface area is 809 Å². The van der Waals surface area contributed by atoms with E-state index in [0.29, 0.717) is 122 Å². The number of fused-ring (bicyclic) bond motifs is 7. The van der Waals surface area contributed by atoms with Crippen LogP contribution in [0.15, 0.2) is 317 Å². The van der Waals surface area contributed by atoms with Crippen LogP contribution in [0.5, 0.6) is 23.0 Å². The molecule has 8 heterocycles. The molecule has 0 saturated carbocycles. The van der Waals surface area contributed by atoms with Crippen molar-refractivity contribution in [3.8, 4) is 28.7 Å². The molecule has 40 heteroatoms. The van der Waals surface area contributed by atoms with E-state index in [1.165, 1.54) is 110 Å². The third kappa shape index (κ3) is 23.7. The van der Waals surface area contributed by atoms with Crippen LogP contribution in [0.3, 0.4) is 0 Å². The van der Waals surface area contributed by atoms with E-state index in [2.05, 4.69) is 15.0 Å². The van der Waals surface area contributed by atoms with Crippen molar-refractivity contribution in [3.05, 3.63) is 412 Å². The number of amides is 10. The van der Waals surface area contributed by atoms with Crippen LogP contribution in [0.25, 0.3) is 49.0 Å². The first-order valence-electron chi connectivity index (χ1n) is 43.5. The highest BCUT2D eigenvalue weighted by Crippen LogP contribution is 2.36. The van der Waals surface area contributed by atoms with Crippen molar-refractivity contribution in [1.82, 2.24) is 71.0 Å². The van der Waals surface area contributed by atoms with Crippen molar-refractivity contribution in [2.75, 3.05) is 44.4 Å².